The molecule has 3 rings (SSSR count). The van der Waals surface area contributed by atoms with E-state index in [0.29, 0.717) is 36.6 Å². The summed E-state index contributed by atoms with van der Waals surface area (Å²) in [7, 11) is 1.78. The summed E-state index contributed by atoms with van der Waals surface area (Å²) in [5, 5.41) is 15.7. The maximum absolute atomic E-state index is 14.2. The highest BCUT2D eigenvalue weighted by Gasteiger charge is 2.31. The second kappa shape index (κ2) is 17.0. The summed E-state index contributed by atoms with van der Waals surface area (Å²) in [6.45, 7) is 10.4. The van der Waals surface area contributed by atoms with Crippen molar-refractivity contribution in [3.8, 4) is 5.75 Å². The molecule has 2 aromatic carbocycles. The van der Waals surface area contributed by atoms with Gasteiger partial charge in [0.15, 0.2) is 0 Å². The first kappa shape index (κ1) is 34.9. The van der Waals surface area contributed by atoms with Gasteiger partial charge in [0, 0.05) is 44.4 Å². The van der Waals surface area contributed by atoms with Gasteiger partial charge in [-0.1, -0.05) is 37.3 Å². The second-order valence-corrected chi connectivity index (χ2v) is 12.2. The number of carbonyl (C=O) groups excluding carboxylic acids is 3. The molecule has 0 unspecified atom stereocenters. The number of carbonyl (C=O) groups is 3. The number of nitrogens with zero attached hydrogens (tertiary/aromatic N) is 2. The molecular formula is C34H50N4O6. The van der Waals surface area contributed by atoms with Crippen LogP contribution >= 0.6 is 0 Å². The fourth-order valence-electron chi connectivity index (χ4n) is 5.17. The van der Waals surface area contributed by atoms with Crippen LogP contribution in [0.2, 0.25) is 0 Å². The summed E-state index contributed by atoms with van der Waals surface area (Å²) in [6.07, 6.45) is 2.27. The number of urea groups is 1. The van der Waals surface area contributed by atoms with Gasteiger partial charge in [0.1, 0.15) is 5.75 Å². The number of nitrogens with one attached hydrogen (secondary N) is 2. The van der Waals surface area contributed by atoms with Crippen molar-refractivity contribution in [1.29, 1.82) is 0 Å². The van der Waals surface area contributed by atoms with Crippen LogP contribution in [0.15, 0.2) is 48.5 Å². The van der Waals surface area contributed by atoms with E-state index in [1.165, 1.54) is 0 Å². The van der Waals surface area contributed by atoms with E-state index in [-0.39, 0.29) is 55.2 Å². The average Bonchev–Trinajstić information content (AvgIpc) is 2.98. The number of rotatable bonds is 8. The highest BCUT2D eigenvalue weighted by Crippen LogP contribution is 2.28. The Morgan fingerprint density at radius 3 is 2.50 bits per heavy atom. The number of amides is 4. The van der Waals surface area contributed by atoms with Crippen LogP contribution in [0.25, 0.3) is 0 Å². The molecule has 0 fully saturated rings. The predicted octanol–water partition coefficient (Wildman–Crippen LogP) is 4.71. The normalized spacial score (nSPS) is 20.6. The molecule has 1 aliphatic rings. The van der Waals surface area contributed by atoms with Gasteiger partial charge in [-0.05, 0) is 70.7 Å². The van der Waals surface area contributed by atoms with Gasteiger partial charge < -0.3 is 35.0 Å². The maximum atomic E-state index is 14.2. The van der Waals surface area contributed by atoms with E-state index in [1.54, 1.807) is 42.0 Å². The third kappa shape index (κ3) is 10.5. The smallest absolute Gasteiger partial charge is 0.319 e. The third-order valence-corrected chi connectivity index (χ3v) is 7.81. The number of likely N-dealkylation sites (N-methyl/N-ethyl adjacent to an activating group) is 1. The first-order chi connectivity index (χ1) is 21.0. The number of fused-ring (bicyclic) bond motifs is 1. The molecule has 10 nitrogen and oxygen atoms in total. The van der Waals surface area contributed by atoms with E-state index in [1.807, 2.05) is 58.0 Å². The van der Waals surface area contributed by atoms with Gasteiger partial charge in [-0.2, -0.15) is 0 Å². The lowest BCUT2D eigenvalue weighted by molar-refractivity contribution is -0.131. The molecule has 4 amide bonds. The van der Waals surface area contributed by atoms with E-state index in [4.69, 9.17) is 9.47 Å². The van der Waals surface area contributed by atoms with E-state index in [2.05, 4.69) is 10.6 Å². The SMILES string of the molecule is CC(C)NC(=O)Nc1ccc2c(c1)C(=O)N([C@@H](C)CO)C[C@@H](C)[C@@H](CN(C)C(=O)Cc1ccccc1)OCCCC[C@@H](C)O2. The van der Waals surface area contributed by atoms with Crippen molar-refractivity contribution in [2.24, 2.45) is 5.92 Å². The highest BCUT2D eigenvalue weighted by atomic mass is 16.5. The van der Waals surface area contributed by atoms with Gasteiger partial charge >= 0.3 is 6.03 Å². The zero-order valence-corrected chi connectivity index (χ0v) is 27.0. The molecule has 1 aliphatic heterocycles. The van der Waals surface area contributed by atoms with Crippen LogP contribution in [0.4, 0.5) is 10.5 Å². The molecule has 0 saturated heterocycles. The summed E-state index contributed by atoms with van der Waals surface area (Å²) in [5.41, 5.74) is 1.71. The zero-order valence-electron chi connectivity index (χ0n) is 27.0. The Labute approximate surface area is 262 Å². The van der Waals surface area contributed by atoms with Crippen LogP contribution in [0, 0.1) is 5.92 Å². The number of hydrogen-bond donors (Lipinski definition) is 3. The van der Waals surface area contributed by atoms with Gasteiger partial charge in [0.05, 0.1) is 36.8 Å². The minimum Gasteiger partial charge on any atom is -0.490 e. The van der Waals surface area contributed by atoms with Crippen molar-refractivity contribution in [2.45, 2.75) is 84.6 Å². The van der Waals surface area contributed by atoms with E-state index < -0.39 is 6.04 Å². The molecule has 242 valence electrons. The lowest BCUT2D eigenvalue weighted by Gasteiger charge is -2.36. The predicted molar refractivity (Wildman–Crippen MR) is 172 cm³/mol. The van der Waals surface area contributed by atoms with Crippen LogP contribution in [0.5, 0.6) is 5.75 Å². The third-order valence-electron chi connectivity index (χ3n) is 7.81. The number of benzene rings is 2. The fourth-order valence-corrected chi connectivity index (χ4v) is 5.17. The Morgan fingerprint density at radius 1 is 1.09 bits per heavy atom. The van der Waals surface area contributed by atoms with Crippen molar-refractivity contribution in [3.05, 3.63) is 59.7 Å². The van der Waals surface area contributed by atoms with Crippen molar-refractivity contribution in [1.82, 2.24) is 15.1 Å². The van der Waals surface area contributed by atoms with Gasteiger partial charge in [0.2, 0.25) is 5.91 Å². The topological polar surface area (TPSA) is 120 Å². The van der Waals surface area contributed by atoms with Crippen LogP contribution < -0.4 is 15.4 Å². The molecule has 0 radical (unpaired) electrons. The first-order valence-corrected chi connectivity index (χ1v) is 15.7. The Morgan fingerprint density at radius 2 is 1.82 bits per heavy atom. The Balaban J connectivity index is 1.89. The maximum Gasteiger partial charge on any atom is 0.319 e. The molecule has 2 aromatic rings. The molecular weight excluding hydrogens is 560 g/mol. The van der Waals surface area contributed by atoms with Crippen LogP contribution in [-0.2, 0) is 16.0 Å². The van der Waals surface area contributed by atoms with E-state index in [9.17, 15) is 19.5 Å². The number of hydrogen-bond acceptors (Lipinski definition) is 6. The minimum absolute atomic E-state index is 0.00973. The lowest BCUT2D eigenvalue weighted by Crippen LogP contribution is -2.48. The second-order valence-electron chi connectivity index (χ2n) is 12.2. The Kier molecular flexibility index (Phi) is 13.5. The molecule has 44 heavy (non-hydrogen) atoms. The number of aliphatic hydroxyl groups excluding tert-OH is 1. The molecule has 0 spiro atoms. The summed E-state index contributed by atoms with van der Waals surface area (Å²) in [4.78, 5) is 43.0. The monoisotopic (exact) mass is 610 g/mol. The summed E-state index contributed by atoms with van der Waals surface area (Å²) >= 11 is 0. The van der Waals surface area contributed by atoms with Gasteiger partial charge in [-0.25, -0.2) is 4.79 Å². The molecule has 0 aromatic heterocycles. The molecule has 10 heteroatoms. The number of aliphatic hydroxyl groups is 1. The molecule has 4 atom stereocenters. The summed E-state index contributed by atoms with van der Waals surface area (Å²) in [6, 6.07) is 13.8. The van der Waals surface area contributed by atoms with Crippen LogP contribution in [0.3, 0.4) is 0 Å². The largest absolute Gasteiger partial charge is 0.490 e. The number of ether oxygens (including phenoxy) is 2. The Bertz CT molecular complexity index is 1220. The van der Waals surface area contributed by atoms with Crippen molar-refractivity contribution < 1.29 is 29.0 Å². The number of anilines is 1. The Hall–Kier alpha value is -3.63. The molecule has 1 heterocycles. The lowest BCUT2D eigenvalue weighted by atomic mass is 10.0. The van der Waals surface area contributed by atoms with E-state index >= 15 is 0 Å². The van der Waals surface area contributed by atoms with Crippen molar-refractivity contribution >= 4 is 23.5 Å². The van der Waals surface area contributed by atoms with Crippen molar-refractivity contribution in [2.75, 3.05) is 38.7 Å². The average molecular weight is 611 g/mol. The quantitative estimate of drug-likeness (QED) is 0.398. The van der Waals surface area contributed by atoms with Gasteiger partial charge in [-0.15, -0.1) is 0 Å². The molecule has 0 saturated carbocycles. The zero-order chi connectivity index (χ0) is 32.2. The highest BCUT2D eigenvalue weighted by molar-refractivity contribution is 5.99. The van der Waals surface area contributed by atoms with E-state index in [0.717, 1.165) is 24.8 Å². The molecule has 3 N–H and O–H groups in total. The van der Waals surface area contributed by atoms with Crippen LogP contribution in [0.1, 0.15) is 69.8 Å². The molecule has 0 bridgehead atoms. The van der Waals surface area contributed by atoms with Gasteiger partial charge in [-0.3, -0.25) is 9.59 Å². The summed E-state index contributed by atoms with van der Waals surface area (Å²) < 4.78 is 12.6. The standard InChI is InChI=1S/C34H50N4O6/c1-23(2)35-34(42)36-28-15-16-30-29(19-28)33(41)38(25(4)22-39)20-24(3)31(43-17-11-10-12-26(5)44-30)21-37(6)32(40)18-27-13-8-7-9-14-27/h7-9,13-16,19,23-26,31,39H,10-12,17-18,20-22H2,1-6H3,(H2,35,36,42)/t24-,25+,26-,31-/m1/s1. The minimum atomic E-state index is -0.498. The van der Waals surface area contributed by atoms with Gasteiger partial charge in [0.25, 0.3) is 5.91 Å². The summed E-state index contributed by atoms with van der Waals surface area (Å²) in [5.74, 6) is -0.0668. The van der Waals surface area contributed by atoms with Crippen LogP contribution in [-0.4, -0.2) is 90.4 Å². The first-order valence-electron chi connectivity index (χ1n) is 15.7. The fraction of sp³-hybridized carbons (Fsp3) is 0.559. The molecule has 0 aliphatic carbocycles. The van der Waals surface area contributed by atoms with Crippen molar-refractivity contribution in [3.63, 3.8) is 0 Å².